The van der Waals surface area contributed by atoms with Gasteiger partial charge in [0.15, 0.2) is 5.17 Å². The molecule has 0 aromatic heterocycles. The summed E-state index contributed by atoms with van der Waals surface area (Å²) < 4.78 is 0. The molecule has 0 aliphatic carbocycles. The molecule has 3 heteroatoms. The smallest absolute Gasteiger partial charge is 0.151 e. The first-order valence-corrected chi connectivity index (χ1v) is 4.09. The minimum Gasteiger partial charge on any atom is -0.379 e. The van der Waals surface area contributed by atoms with Crippen LogP contribution in [0.4, 0.5) is 0 Å². The molecule has 0 saturated carbocycles. The summed E-state index contributed by atoms with van der Waals surface area (Å²) in [5.41, 5.74) is 5.19. The molecule has 0 radical (unpaired) electrons. The molecule has 0 aliphatic rings. The first-order chi connectivity index (χ1) is 4.20. The fourth-order valence-corrected chi connectivity index (χ4v) is 1.33. The Morgan fingerprint density at radius 1 is 1.56 bits per heavy atom. The van der Waals surface area contributed by atoms with Gasteiger partial charge in [-0.15, -0.1) is 0 Å². The van der Waals surface area contributed by atoms with Gasteiger partial charge in [-0.3, -0.25) is 5.41 Å². The van der Waals surface area contributed by atoms with E-state index in [4.69, 9.17) is 11.1 Å². The second-order valence-corrected chi connectivity index (χ2v) is 3.26. The number of nitrogens with one attached hydrogen (secondary N) is 1. The number of amidine groups is 1. The van der Waals surface area contributed by atoms with Crippen LogP contribution in [0.25, 0.3) is 0 Å². The van der Waals surface area contributed by atoms with Gasteiger partial charge in [0, 0.05) is 5.25 Å². The topological polar surface area (TPSA) is 49.9 Å². The minimum atomic E-state index is 0.240. The summed E-state index contributed by atoms with van der Waals surface area (Å²) in [6.07, 6.45) is 2.20. The van der Waals surface area contributed by atoms with E-state index < -0.39 is 0 Å². The summed E-state index contributed by atoms with van der Waals surface area (Å²) in [6.45, 7) is 4.23. The Morgan fingerprint density at radius 3 is 2.11 bits per heavy atom. The molecule has 0 rings (SSSR count). The van der Waals surface area contributed by atoms with E-state index in [9.17, 15) is 0 Å². The van der Waals surface area contributed by atoms with Crippen molar-refractivity contribution in [2.24, 2.45) is 5.73 Å². The number of nitrogens with two attached hydrogens (primary N) is 1. The van der Waals surface area contributed by atoms with E-state index in [1.54, 1.807) is 0 Å². The Bertz CT molecular complexity index is 89.1. The lowest BCUT2D eigenvalue weighted by Crippen LogP contribution is -2.10. The largest absolute Gasteiger partial charge is 0.379 e. The van der Waals surface area contributed by atoms with Gasteiger partial charge in [0.05, 0.1) is 0 Å². The molecule has 0 bridgehead atoms. The highest BCUT2D eigenvalue weighted by Crippen LogP contribution is 2.16. The highest BCUT2D eigenvalue weighted by Gasteiger charge is 2.03. The van der Waals surface area contributed by atoms with Gasteiger partial charge >= 0.3 is 0 Å². The maximum atomic E-state index is 6.97. The molecule has 0 heterocycles. The third-order valence-corrected chi connectivity index (χ3v) is 2.46. The van der Waals surface area contributed by atoms with Crippen molar-refractivity contribution in [3.05, 3.63) is 0 Å². The molecule has 0 amide bonds. The lowest BCUT2D eigenvalue weighted by Gasteiger charge is -2.08. The van der Waals surface area contributed by atoms with Crippen molar-refractivity contribution >= 4 is 16.9 Å². The van der Waals surface area contributed by atoms with Crippen molar-refractivity contribution < 1.29 is 0 Å². The van der Waals surface area contributed by atoms with Gasteiger partial charge in [-0.1, -0.05) is 25.6 Å². The van der Waals surface area contributed by atoms with Crippen LogP contribution in [-0.4, -0.2) is 10.4 Å². The van der Waals surface area contributed by atoms with E-state index in [1.165, 1.54) is 11.8 Å². The molecule has 0 fully saturated rings. The van der Waals surface area contributed by atoms with Gasteiger partial charge in [0.1, 0.15) is 0 Å². The van der Waals surface area contributed by atoms with Crippen LogP contribution in [-0.2, 0) is 0 Å². The van der Waals surface area contributed by atoms with E-state index in [0.29, 0.717) is 5.25 Å². The fourth-order valence-electron chi connectivity index (χ4n) is 0.635. The van der Waals surface area contributed by atoms with Crippen LogP contribution in [0, 0.1) is 5.41 Å². The third kappa shape index (κ3) is 4.33. The van der Waals surface area contributed by atoms with E-state index in [2.05, 4.69) is 13.8 Å². The van der Waals surface area contributed by atoms with Crippen molar-refractivity contribution in [3.63, 3.8) is 0 Å². The highest BCUT2D eigenvalue weighted by molar-refractivity contribution is 8.14. The Kier molecular flexibility index (Phi) is 4.58. The lowest BCUT2D eigenvalue weighted by molar-refractivity contribution is 0.796. The molecule has 0 unspecified atom stereocenters. The summed E-state index contributed by atoms with van der Waals surface area (Å²) in [6, 6.07) is 0. The standard InChI is InChI=1S/C6H14N2S/c1-3-5(4-2)9-6(7)8/h5H,3-4H2,1-2H3,(H3,7,8). The Balaban J connectivity index is 3.43. The second-order valence-electron chi connectivity index (χ2n) is 1.92. The zero-order valence-corrected chi connectivity index (χ0v) is 6.79. The van der Waals surface area contributed by atoms with Crippen molar-refractivity contribution in [3.8, 4) is 0 Å². The van der Waals surface area contributed by atoms with Crippen molar-refractivity contribution in [1.82, 2.24) is 0 Å². The van der Waals surface area contributed by atoms with Crippen molar-refractivity contribution in [2.75, 3.05) is 0 Å². The van der Waals surface area contributed by atoms with Crippen LogP contribution in [0.15, 0.2) is 0 Å². The summed E-state index contributed by atoms with van der Waals surface area (Å²) >= 11 is 1.46. The van der Waals surface area contributed by atoms with Gasteiger partial charge < -0.3 is 5.73 Å². The van der Waals surface area contributed by atoms with Crippen LogP contribution in [0.5, 0.6) is 0 Å². The maximum absolute atomic E-state index is 6.97. The summed E-state index contributed by atoms with van der Waals surface area (Å²) in [5, 5.41) is 7.76. The number of hydrogen-bond donors (Lipinski definition) is 2. The second kappa shape index (κ2) is 4.68. The lowest BCUT2D eigenvalue weighted by atomic mass is 10.3. The Hall–Kier alpha value is -0.180. The van der Waals surface area contributed by atoms with Gasteiger partial charge in [0.2, 0.25) is 0 Å². The van der Waals surface area contributed by atoms with Crippen molar-refractivity contribution in [2.45, 2.75) is 31.9 Å². The SMILES string of the molecule is CCC(CC)SC(=N)N. The quantitative estimate of drug-likeness (QED) is 0.471. The predicted molar refractivity (Wildman–Crippen MR) is 43.9 cm³/mol. The van der Waals surface area contributed by atoms with Gasteiger partial charge in [-0.2, -0.15) is 0 Å². The zero-order valence-electron chi connectivity index (χ0n) is 5.98. The predicted octanol–water partition coefficient (Wildman–Crippen LogP) is 1.80. The van der Waals surface area contributed by atoms with Crippen LogP contribution in [0.3, 0.4) is 0 Å². The minimum absolute atomic E-state index is 0.240. The molecule has 0 aromatic carbocycles. The van der Waals surface area contributed by atoms with Crippen LogP contribution >= 0.6 is 11.8 Å². The monoisotopic (exact) mass is 146 g/mol. The summed E-state index contributed by atoms with van der Waals surface area (Å²) in [4.78, 5) is 0. The average molecular weight is 146 g/mol. The molecule has 3 N–H and O–H groups in total. The molecule has 0 aliphatic heterocycles. The Morgan fingerprint density at radius 2 is 2.00 bits per heavy atom. The van der Waals surface area contributed by atoms with E-state index >= 15 is 0 Å². The van der Waals surface area contributed by atoms with Crippen molar-refractivity contribution in [1.29, 1.82) is 5.41 Å². The Labute approximate surface area is 60.7 Å². The molecule has 0 atom stereocenters. The fraction of sp³-hybridized carbons (Fsp3) is 0.833. The maximum Gasteiger partial charge on any atom is 0.151 e. The summed E-state index contributed by atoms with van der Waals surface area (Å²) in [5.74, 6) is 0. The zero-order chi connectivity index (χ0) is 7.28. The molecular formula is C6H14N2S. The van der Waals surface area contributed by atoms with Gasteiger partial charge in [-0.25, -0.2) is 0 Å². The average Bonchev–Trinajstić information content (AvgIpc) is 1.82. The molecule has 9 heavy (non-hydrogen) atoms. The molecule has 54 valence electrons. The normalized spacial score (nSPS) is 10.1. The molecule has 2 nitrogen and oxygen atoms in total. The summed E-state index contributed by atoms with van der Waals surface area (Å²) in [7, 11) is 0. The molecular weight excluding hydrogens is 132 g/mol. The van der Waals surface area contributed by atoms with Gasteiger partial charge in [-0.05, 0) is 12.8 Å². The molecule has 0 saturated heterocycles. The third-order valence-electron chi connectivity index (χ3n) is 1.20. The molecule has 0 aromatic rings. The number of hydrogen-bond acceptors (Lipinski definition) is 2. The highest BCUT2D eigenvalue weighted by atomic mass is 32.2. The van der Waals surface area contributed by atoms with Crippen LogP contribution < -0.4 is 5.73 Å². The van der Waals surface area contributed by atoms with E-state index in [0.717, 1.165) is 12.8 Å². The van der Waals surface area contributed by atoms with E-state index in [-0.39, 0.29) is 5.17 Å². The van der Waals surface area contributed by atoms with E-state index in [1.807, 2.05) is 0 Å². The number of rotatable bonds is 3. The van der Waals surface area contributed by atoms with Crippen LogP contribution in [0.1, 0.15) is 26.7 Å². The number of thioether (sulfide) groups is 1. The van der Waals surface area contributed by atoms with Crippen LogP contribution in [0.2, 0.25) is 0 Å². The first kappa shape index (κ1) is 8.82. The first-order valence-electron chi connectivity index (χ1n) is 3.21. The van der Waals surface area contributed by atoms with Gasteiger partial charge in [0.25, 0.3) is 0 Å². The molecule has 0 spiro atoms.